The second-order valence-corrected chi connectivity index (χ2v) is 6.36. The van der Waals surface area contributed by atoms with E-state index in [1.807, 2.05) is 0 Å². The van der Waals surface area contributed by atoms with Crippen LogP contribution < -0.4 is 5.32 Å². The van der Waals surface area contributed by atoms with Crippen molar-refractivity contribution in [3.63, 3.8) is 0 Å². The van der Waals surface area contributed by atoms with Crippen molar-refractivity contribution in [1.29, 1.82) is 0 Å². The number of carbonyl (C=O) groups excluding carboxylic acids is 1. The molecule has 0 aliphatic heterocycles. The summed E-state index contributed by atoms with van der Waals surface area (Å²) < 4.78 is 0. The minimum Gasteiger partial charge on any atom is -0.508 e. The van der Waals surface area contributed by atoms with E-state index in [9.17, 15) is 9.90 Å². The zero-order valence-electron chi connectivity index (χ0n) is 13.0. The van der Waals surface area contributed by atoms with E-state index in [-0.39, 0.29) is 11.7 Å². The number of carbonyl (C=O) groups is 1. The monoisotopic (exact) mass is 290 g/mol. The van der Waals surface area contributed by atoms with Crippen LogP contribution in [0, 0.1) is 11.8 Å². The lowest BCUT2D eigenvalue weighted by Gasteiger charge is -2.21. The molecule has 116 valence electrons. The fourth-order valence-electron chi connectivity index (χ4n) is 2.48. The highest BCUT2D eigenvalue weighted by Crippen LogP contribution is 2.32. The van der Waals surface area contributed by atoms with Gasteiger partial charge >= 0.3 is 0 Å². The number of hydrogen-bond donors (Lipinski definition) is 2. The summed E-state index contributed by atoms with van der Waals surface area (Å²) >= 11 is 0. The molecule has 1 aromatic rings. The van der Waals surface area contributed by atoms with Crippen LogP contribution in [0.15, 0.2) is 24.3 Å². The Kier molecular flexibility index (Phi) is 5.62. The molecule has 0 saturated heterocycles. The summed E-state index contributed by atoms with van der Waals surface area (Å²) in [5.74, 6) is 1.49. The summed E-state index contributed by atoms with van der Waals surface area (Å²) in [5, 5.41) is 12.2. The molecule has 1 aliphatic rings. The fourth-order valence-corrected chi connectivity index (χ4v) is 2.48. The quantitative estimate of drug-likeness (QED) is 0.773. The van der Waals surface area contributed by atoms with Crippen molar-refractivity contribution in [1.82, 2.24) is 10.2 Å². The Morgan fingerprint density at radius 1 is 1.38 bits per heavy atom. The average Bonchev–Trinajstić information content (AvgIpc) is 3.27. The Bertz CT molecular complexity index is 454. The Morgan fingerprint density at radius 3 is 2.67 bits per heavy atom. The third-order valence-corrected chi connectivity index (χ3v) is 3.98. The number of nitrogens with zero attached hydrogens (tertiary/aromatic N) is 1. The zero-order chi connectivity index (χ0) is 15.2. The van der Waals surface area contributed by atoms with Crippen LogP contribution in [-0.2, 0) is 0 Å². The van der Waals surface area contributed by atoms with Crippen molar-refractivity contribution in [2.24, 2.45) is 11.8 Å². The van der Waals surface area contributed by atoms with Gasteiger partial charge in [-0.3, -0.25) is 4.79 Å². The SMILES string of the molecule is CC(CNC(=O)c1ccc(O)cc1)CN(C)CCC1CC1. The van der Waals surface area contributed by atoms with Crippen LogP contribution in [0.5, 0.6) is 5.75 Å². The normalized spacial score (nSPS) is 16.0. The zero-order valence-corrected chi connectivity index (χ0v) is 13.0. The molecule has 1 aliphatic carbocycles. The largest absolute Gasteiger partial charge is 0.508 e. The van der Waals surface area contributed by atoms with Gasteiger partial charge in [0.25, 0.3) is 5.91 Å². The van der Waals surface area contributed by atoms with E-state index in [1.54, 1.807) is 12.1 Å². The van der Waals surface area contributed by atoms with Crippen molar-refractivity contribution in [2.45, 2.75) is 26.2 Å². The van der Waals surface area contributed by atoms with E-state index < -0.39 is 0 Å². The number of amides is 1. The highest BCUT2D eigenvalue weighted by Gasteiger charge is 2.21. The molecule has 0 aromatic heterocycles. The summed E-state index contributed by atoms with van der Waals surface area (Å²) in [7, 11) is 2.15. The van der Waals surface area contributed by atoms with E-state index in [0.717, 1.165) is 19.0 Å². The van der Waals surface area contributed by atoms with Gasteiger partial charge in [0, 0.05) is 18.7 Å². The van der Waals surface area contributed by atoms with Gasteiger partial charge in [-0.25, -0.2) is 0 Å². The molecule has 0 radical (unpaired) electrons. The first-order valence-electron chi connectivity index (χ1n) is 7.80. The third-order valence-electron chi connectivity index (χ3n) is 3.98. The molecule has 1 amide bonds. The molecular formula is C17H26N2O2. The third kappa shape index (κ3) is 5.76. The summed E-state index contributed by atoms with van der Waals surface area (Å²) in [6.45, 7) is 4.99. The minimum atomic E-state index is -0.0810. The lowest BCUT2D eigenvalue weighted by molar-refractivity contribution is 0.0945. The van der Waals surface area contributed by atoms with Gasteiger partial charge in [0.15, 0.2) is 0 Å². The molecule has 2 N–H and O–H groups in total. The fraction of sp³-hybridized carbons (Fsp3) is 0.588. The predicted molar refractivity (Wildman–Crippen MR) is 84.4 cm³/mol. The van der Waals surface area contributed by atoms with Crippen LogP contribution in [0.2, 0.25) is 0 Å². The Labute approximate surface area is 127 Å². The van der Waals surface area contributed by atoms with Crippen LogP contribution in [0.25, 0.3) is 0 Å². The predicted octanol–water partition coefficient (Wildman–Crippen LogP) is 2.49. The maximum absolute atomic E-state index is 12.0. The van der Waals surface area contributed by atoms with Crippen molar-refractivity contribution in [3.8, 4) is 5.75 Å². The maximum Gasteiger partial charge on any atom is 0.251 e. The van der Waals surface area contributed by atoms with Gasteiger partial charge in [0.2, 0.25) is 0 Å². The molecule has 1 atom stereocenters. The molecule has 0 heterocycles. The molecule has 1 fully saturated rings. The van der Waals surface area contributed by atoms with E-state index >= 15 is 0 Å². The average molecular weight is 290 g/mol. The highest BCUT2D eigenvalue weighted by molar-refractivity contribution is 5.94. The molecule has 4 heteroatoms. The van der Waals surface area contributed by atoms with Crippen LogP contribution in [0.3, 0.4) is 0 Å². The molecule has 4 nitrogen and oxygen atoms in total. The molecule has 0 bridgehead atoms. The van der Waals surface area contributed by atoms with Crippen molar-refractivity contribution in [2.75, 3.05) is 26.7 Å². The molecule has 21 heavy (non-hydrogen) atoms. The van der Waals surface area contributed by atoms with E-state index in [2.05, 4.69) is 24.2 Å². The second kappa shape index (κ2) is 7.46. The van der Waals surface area contributed by atoms with Gasteiger partial charge in [-0.2, -0.15) is 0 Å². The number of benzene rings is 1. The highest BCUT2D eigenvalue weighted by atomic mass is 16.3. The lowest BCUT2D eigenvalue weighted by atomic mass is 10.1. The Hall–Kier alpha value is -1.55. The van der Waals surface area contributed by atoms with Crippen molar-refractivity contribution < 1.29 is 9.90 Å². The number of hydrogen-bond acceptors (Lipinski definition) is 3. The first-order chi connectivity index (χ1) is 10.0. The van der Waals surface area contributed by atoms with Crippen LogP contribution >= 0.6 is 0 Å². The van der Waals surface area contributed by atoms with Crippen LogP contribution in [0.4, 0.5) is 0 Å². The van der Waals surface area contributed by atoms with Crippen LogP contribution in [0.1, 0.15) is 36.5 Å². The summed E-state index contributed by atoms with van der Waals surface area (Å²) in [4.78, 5) is 14.3. The van der Waals surface area contributed by atoms with E-state index in [1.165, 1.54) is 31.4 Å². The van der Waals surface area contributed by atoms with Gasteiger partial charge in [-0.05, 0) is 56.1 Å². The summed E-state index contributed by atoms with van der Waals surface area (Å²) in [5.41, 5.74) is 0.585. The topological polar surface area (TPSA) is 52.6 Å². The molecule has 1 aromatic carbocycles. The van der Waals surface area contributed by atoms with Gasteiger partial charge in [0.05, 0.1) is 0 Å². The first kappa shape index (κ1) is 15.8. The maximum atomic E-state index is 12.0. The number of phenols is 1. The van der Waals surface area contributed by atoms with Gasteiger partial charge in [-0.15, -0.1) is 0 Å². The van der Waals surface area contributed by atoms with Crippen molar-refractivity contribution in [3.05, 3.63) is 29.8 Å². The van der Waals surface area contributed by atoms with Gasteiger partial charge in [0.1, 0.15) is 5.75 Å². The first-order valence-corrected chi connectivity index (χ1v) is 7.80. The van der Waals surface area contributed by atoms with E-state index in [4.69, 9.17) is 0 Å². The minimum absolute atomic E-state index is 0.0810. The molecule has 2 rings (SSSR count). The summed E-state index contributed by atoms with van der Waals surface area (Å²) in [6, 6.07) is 6.34. The standard InChI is InChI=1S/C17H26N2O2/c1-13(12-19(2)10-9-14-3-4-14)11-18-17(21)15-5-7-16(20)8-6-15/h5-8,13-14,20H,3-4,9-12H2,1-2H3,(H,18,21). The van der Waals surface area contributed by atoms with Gasteiger partial charge in [-0.1, -0.05) is 19.8 Å². The molecule has 0 spiro atoms. The number of nitrogens with one attached hydrogen (secondary N) is 1. The van der Waals surface area contributed by atoms with E-state index in [0.29, 0.717) is 18.0 Å². The van der Waals surface area contributed by atoms with Gasteiger partial charge < -0.3 is 15.3 Å². The molecular weight excluding hydrogens is 264 g/mol. The Balaban J connectivity index is 1.66. The number of rotatable bonds is 8. The smallest absolute Gasteiger partial charge is 0.251 e. The number of aromatic hydroxyl groups is 1. The molecule has 1 saturated carbocycles. The number of phenolic OH excluding ortho intramolecular Hbond substituents is 1. The second-order valence-electron chi connectivity index (χ2n) is 6.36. The van der Waals surface area contributed by atoms with Crippen LogP contribution in [-0.4, -0.2) is 42.6 Å². The summed E-state index contributed by atoms with van der Waals surface area (Å²) in [6.07, 6.45) is 4.13. The lowest BCUT2D eigenvalue weighted by Crippen LogP contribution is -2.34. The molecule has 1 unspecified atom stereocenters. The van der Waals surface area contributed by atoms with Crippen molar-refractivity contribution >= 4 is 5.91 Å². The Morgan fingerprint density at radius 2 is 2.05 bits per heavy atom.